The molecule has 3 aromatic heterocycles. The molecule has 3 heterocycles. The van der Waals surface area contributed by atoms with Gasteiger partial charge >= 0.3 is 0 Å². The highest BCUT2D eigenvalue weighted by Crippen LogP contribution is 2.19. The summed E-state index contributed by atoms with van der Waals surface area (Å²) in [6.45, 7) is 2.61. The normalized spacial score (nSPS) is 15.2. The van der Waals surface area contributed by atoms with Crippen LogP contribution in [0.15, 0.2) is 35.3 Å². The lowest BCUT2D eigenvalue weighted by molar-refractivity contribution is -0.658. The molecule has 0 saturated heterocycles. The lowest BCUT2D eigenvalue weighted by Gasteiger charge is -2.23. The van der Waals surface area contributed by atoms with Gasteiger partial charge in [0.15, 0.2) is 0 Å². The highest BCUT2D eigenvalue weighted by Gasteiger charge is 2.25. The fourth-order valence-corrected chi connectivity index (χ4v) is 4.04. The Bertz CT molecular complexity index is 1100. The van der Waals surface area contributed by atoms with Crippen LogP contribution in [-0.2, 0) is 6.54 Å². The number of fused-ring (bicyclic) bond motifs is 2. The molecule has 7 nitrogen and oxygen atoms in total. The van der Waals surface area contributed by atoms with E-state index in [4.69, 9.17) is 5.73 Å². The van der Waals surface area contributed by atoms with E-state index < -0.39 is 0 Å². The number of aryl methyl sites for hydroxylation is 1. The molecular formula is C21H26N5O2+. The lowest BCUT2D eigenvalue weighted by atomic mass is 9.95. The minimum Gasteiger partial charge on any atom is -0.349 e. The molecule has 1 aliphatic rings. The van der Waals surface area contributed by atoms with Gasteiger partial charge in [-0.05, 0) is 37.5 Å². The van der Waals surface area contributed by atoms with Crippen molar-refractivity contribution in [1.29, 1.82) is 0 Å². The average Bonchev–Trinajstić information content (AvgIpc) is 2.71. The predicted octanol–water partition coefficient (Wildman–Crippen LogP) is 2.19. The zero-order valence-electron chi connectivity index (χ0n) is 16.1. The van der Waals surface area contributed by atoms with Crippen LogP contribution in [0.25, 0.3) is 16.7 Å². The first-order valence-corrected chi connectivity index (χ1v) is 10.0. The molecule has 0 bridgehead atoms. The van der Waals surface area contributed by atoms with E-state index in [1.54, 1.807) is 29.0 Å². The number of hydrogen-bond acceptors (Lipinski definition) is 4. The number of nitrogens with zero attached hydrogens (tertiary/aromatic N) is 3. The maximum absolute atomic E-state index is 13.1. The van der Waals surface area contributed by atoms with Crippen LogP contribution in [0.1, 0.15) is 55.8 Å². The second-order valence-electron chi connectivity index (χ2n) is 7.49. The van der Waals surface area contributed by atoms with Gasteiger partial charge in [0, 0.05) is 12.2 Å². The van der Waals surface area contributed by atoms with E-state index in [0.29, 0.717) is 34.6 Å². The maximum atomic E-state index is 13.1. The molecule has 28 heavy (non-hydrogen) atoms. The van der Waals surface area contributed by atoms with Gasteiger partial charge in [0.2, 0.25) is 11.5 Å². The van der Waals surface area contributed by atoms with E-state index in [-0.39, 0.29) is 17.5 Å². The summed E-state index contributed by atoms with van der Waals surface area (Å²) in [6.07, 6.45) is 7.96. The van der Waals surface area contributed by atoms with Crippen LogP contribution in [0.3, 0.4) is 0 Å². The molecule has 1 saturated carbocycles. The molecule has 146 valence electrons. The van der Waals surface area contributed by atoms with Gasteiger partial charge in [0.05, 0.1) is 6.54 Å². The largest absolute Gasteiger partial charge is 0.349 e. The number of hydrogen-bond donors (Lipinski definition) is 2. The molecule has 0 radical (unpaired) electrons. The summed E-state index contributed by atoms with van der Waals surface area (Å²) < 4.78 is 3.29. The predicted molar refractivity (Wildman–Crippen MR) is 108 cm³/mol. The van der Waals surface area contributed by atoms with E-state index in [1.165, 1.54) is 10.8 Å². The van der Waals surface area contributed by atoms with Crippen LogP contribution in [0.2, 0.25) is 0 Å². The number of nitrogens with two attached hydrogens (primary N) is 1. The van der Waals surface area contributed by atoms with E-state index in [1.807, 2.05) is 13.0 Å². The summed E-state index contributed by atoms with van der Waals surface area (Å²) in [5, 5.41) is 3.51. The molecule has 1 aliphatic carbocycles. The van der Waals surface area contributed by atoms with Gasteiger partial charge in [0.25, 0.3) is 17.1 Å². The van der Waals surface area contributed by atoms with Crippen molar-refractivity contribution in [2.24, 2.45) is 0 Å². The van der Waals surface area contributed by atoms with Gasteiger partial charge in [-0.2, -0.15) is 0 Å². The van der Waals surface area contributed by atoms with Crippen LogP contribution in [0, 0.1) is 0 Å². The van der Waals surface area contributed by atoms with Crippen LogP contribution < -0.4 is 21.2 Å². The molecule has 0 atom stereocenters. The SMILES string of the molecule is CCC[n+]1c(N)c(C(=O)NC2CCCCC2)cc2c(=O)n3ccccc3nc21. The summed E-state index contributed by atoms with van der Waals surface area (Å²) in [5.41, 5.74) is 7.62. The molecule has 1 fully saturated rings. The van der Waals surface area contributed by atoms with Crippen LogP contribution in [-0.4, -0.2) is 21.3 Å². The standard InChI is InChI=1S/C21H25N5O2/c1-2-11-26-18(22)15(20(27)23-14-8-4-3-5-9-14)13-16-19(26)24-17-10-6-7-12-25(17)21(16)28/h6-7,10,12-14,22H,2-5,8-9,11H2,1H3,(H,23,27)/p+1. The second-order valence-corrected chi connectivity index (χ2v) is 7.49. The van der Waals surface area contributed by atoms with Gasteiger partial charge in [-0.25, -0.2) is 4.57 Å². The molecule has 7 heteroatoms. The summed E-state index contributed by atoms with van der Waals surface area (Å²) in [7, 11) is 0. The first-order valence-electron chi connectivity index (χ1n) is 10.0. The fraction of sp³-hybridized carbons (Fsp3) is 0.429. The minimum absolute atomic E-state index is 0.173. The zero-order valence-corrected chi connectivity index (χ0v) is 16.1. The average molecular weight is 380 g/mol. The molecular weight excluding hydrogens is 354 g/mol. The van der Waals surface area contributed by atoms with Gasteiger partial charge in [-0.15, -0.1) is 0 Å². The van der Waals surface area contributed by atoms with Crippen molar-refractivity contribution in [2.45, 2.75) is 58.0 Å². The lowest BCUT2D eigenvalue weighted by Crippen LogP contribution is -2.44. The summed E-state index contributed by atoms with van der Waals surface area (Å²) in [5.74, 6) is 0.142. The van der Waals surface area contributed by atoms with Crippen LogP contribution in [0.4, 0.5) is 5.82 Å². The number of carbonyl (C=O) groups is 1. The molecule has 1 amide bonds. The monoisotopic (exact) mass is 380 g/mol. The maximum Gasteiger partial charge on any atom is 0.278 e. The smallest absolute Gasteiger partial charge is 0.278 e. The van der Waals surface area contributed by atoms with Crippen LogP contribution >= 0.6 is 0 Å². The fourth-order valence-electron chi connectivity index (χ4n) is 4.04. The first kappa shape index (κ1) is 18.4. The number of anilines is 1. The Hall–Kier alpha value is -2.96. The summed E-state index contributed by atoms with van der Waals surface area (Å²) >= 11 is 0. The number of nitrogen functional groups attached to an aromatic ring is 1. The topological polar surface area (TPSA) is 93.4 Å². The van der Waals surface area contributed by atoms with Crippen molar-refractivity contribution >= 4 is 28.4 Å². The number of aromatic nitrogens is 3. The minimum atomic E-state index is -0.214. The van der Waals surface area contributed by atoms with Crippen molar-refractivity contribution in [3.8, 4) is 0 Å². The van der Waals surface area contributed by atoms with Crippen molar-refractivity contribution < 1.29 is 9.36 Å². The first-order chi connectivity index (χ1) is 13.6. The Morgan fingerprint density at radius 3 is 2.86 bits per heavy atom. The summed E-state index contributed by atoms with van der Waals surface area (Å²) in [6, 6.07) is 7.19. The molecule has 0 unspecified atom stereocenters. The van der Waals surface area contributed by atoms with Crippen molar-refractivity contribution in [3.05, 3.63) is 46.4 Å². The molecule has 0 spiro atoms. The molecule has 3 aromatic rings. The molecule has 0 aromatic carbocycles. The van der Waals surface area contributed by atoms with Crippen molar-refractivity contribution in [2.75, 3.05) is 5.73 Å². The van der Waals surface area contributed by atoms with Crippen molar-refractivity contribution in [3.63, 3.8) is 0 Å². The Kier molecular flexibility index (Phi) is 4.98. The zero-order chi connectivity index (χ0) is 19.7. The van der Waals surface area contributed by atoms with E-state index >= 15 is 0 Å². The van der Waals surface area contributed by atoms with Crippen molar-refractivity contribution in [1.82, 2.24) is 14.7 Å². The van der Waals surface area contributed by atoms with Gasteiger partial charge < -0.3 is 11.1 Å². The summed E-state index contributed by atoms with van der Waals surface area (Å²) in [4.78, 5) is 30.7. The number of pyridine rings is 2. The Labute approximate surface area is 163 Å². The Morgan fingerprint density at radius 2 is 2.11 bits per heavy atom. The number of nitrogens with one attached hydrogen (secondary N) is 1. The molecule has 3 N–H and O–H groups in total. The third-order valence-corrected chi connectivity index (χ3v) is 5.49. The number of amides is 1. The molecule has 0 aliphatic heterocycles. The van der Waals surface area contributed by atoms with Gasteiger partial charge in [0.1, 0.15) is 10.9 Å². The highest BCUT2D eigenvalue weighted by atomic mass is 16.2. The third-order valence-electron chi connectivity index (χ3n) is 5.49. The van der Waals surface area contributed by atoms with E-state index in [2.05, 4.69) is 10.3 Å². The van der Waals surface area contributed by atoms with Crippen LogP contribution in [0.5, 0.6) is 0 Å². The number of carbonyl (C=O) groups excluding carboxylic acids is 1. The quantitative estimate of drug-likeness (QED) is 0.536. The number of rotatable bonds is 4. The second kappa shape index (κ2) is 7.58. The third kappa shape index (κ3) is 3.21. The highest BCUT2D eigenvalue weighted by molar-refractivity contribution is 6.00. The van der Waals surface area contributed by atoms with E-state index in [0.717, 1.165) is 32.1 Å². The van der Waals surface area contributed by atoms with Gasteiger partial charge in [-0.1, -0.05) is 37.2 Å². The Balaban J connectivity index is 1.88. The van der Waals surface area contributed by atoms with Gasteiger partial charge in [-0.3, -0.25) is 14.0 Å². The molecule has 4 rings (SSSR count). The Morgan fingerprint density at radius 1 is 1.32 bits per heavy atom. The van der Waals surface area contributed by atoms with E-state index in [9.17, 15) is 9.59 Å².